The second-order valence-corrected chi connectivity index (χ2v) is 4.20. The number of hydrogen-bond donors (Lipinski definition) is 0. The van der Waals surface area contributed by atoms with Gasteiger partial charge >= 0.3 is 0 Å². The minimum Gasteiger partial charge on any atom is -0.492 e. The van der Waals surface area contributed by atoms with Crippen LogP contribution in [0.5, 0.6) is 5.75 Å². The minimum absolute atomic E-state index is 0.273. The number of hydrogen-bond acceptors (Lipinski definition) is 1. The second-order valence-electron chi connectivity index (χ2n) is 3.41. The Balaban J connectivity index is 2.89. The molecule has 0 heterocycles. The average molecular weight is 256 g/mol. The largest absolute Gasteiger partial charge is 0.492 e. The van der Waals surface area contributed by atoms with Crippen molar-refractivity contribution in [2.24, 2.45) is 0 Å². The third kappa shape index (κ3) is 2.74. The fourth-order valence-corrected chi connectivity index (χ4v) is 2.00. The number of rotatable bonds is 4. The van der Waals surface area contributed by atoms with Gasteiger partial charge in [-0.3, -0.25) is 0 Å². The van der Waals surface area contributed by atoms with E-state index in [1.807, 2.05) is 12.1 Å². The summed E-state index contributed by atoms with van der Waals surface area (Å²) in [6, 6.07) is 6.05. The van der Waals surface area contributed by atoms with Gasteiger partial charge in [-0.1, -0.05) is 26.0 Å². The summed E-state index contributed by atoms with van der Waals surface area (Å²) in [7, 11) is 0. The van der Waals surface area contributed by atoms with Gasteiger partial charge in [0.05, 0.1) is 11.1 Å². The lowest BCUT2D eigenvalue weighted by atomic mass is 10.0. The Kier molecular flexibility index (Phi) is 4.46. The highest BCUT2D eigenvalue weighted by molar-refractivity contribution is 9.10. The molecule has 0 amide bonds. The van der Waals surface area contributed by atoms with Crippen LogP contribution in [0.25, 0.3) is 0 Å². The van der Waals surface area contributed by atoms with Gasteiger partial charge in [0.15, 0.2) is 0 Å². The lowest BCUT2D eigenvalue weighted by molar-refractivity contribution is 0.315. The average Bonchev–Trinajstić information content (AvgIpc) is 2.16. The normalized spacial score (nSPS) is 10.6. The van der Waals surface area contributed by atoms with Crippen LogP contribution in [-0.2, 0) is 0 Å². The van der Waals surface area contributed by atoms with E-state index in [0.29, 0.717) is 0 Å². The van der Waals surface area contributed by atoms with Gasteiger partial charge in [0.25, 0.3) is 0 Å². The van der Waals surface area contributed by atoms with Crippen LogP contribution in [0, 0.1) is 6.92 Å². The van der Waals surface area contributed by atoms with E-state index < -0.39 is 0 Å². The lowest BCUT2D eigenvalue weighted by Crippen LogP contribution is -1.98. The van der Waals surface area contributed by atoms with E-state index in [1.54, 1.807) is 0 Å². The molecule has 2 heteroatoms. The number of halogens is 1. The first-order valence-electron chi connectivity index (χ1n) is 4.91. The van der Waals surface area contributed by atoms with Crippen LogP contribution in [0.1, 0.15) is 31.7 Å². The number of ether oxygens (including phenoxy) is 1. The molecule has 0 bridgehead atoms. The minimum atomic E-state index is 0.273. The first-order chi connectivity index (χ1) is 6.66. The molecule has 77 valence electrons. The zero-order valence-corrected chi connectivity index (χ0v) is 10.3. The van der Waals surface area contributed by atoms with Crippen LogP contribution in [0.3, 0.4) is 0 Å². The topological polar surface area (TPSA) is 9.23 Å². The first-order valence-corrected chi connectivity index (χ1v) is 5.70. The Morgan fingerprint density at radius 1 is 1.50 bits per heavy atom. The van der Waals surface area contributed by atoms with Gasteiger partial charge in [-0.15, -0.1) is 0 Å². The molecule has 0 saturated heterocycles. The SMILES string of the molecule is [CH2]C(C)c1cccc(OCCC)c1Br. The van der Waals surface area contributed by atoms with Crippen molar-refractivity contribution in [3.8, 4) is 5.75 Å². The summed E-state index contributed by atoms with van der Waals surface area (Å²) in [4.78, 5) is 0. The maximum atomic E-state index is 5.60. The van der Waals surface area contributed by atoms with E-state index in [4.69, 9.17) is 4.74 Å². The summed E-state index contributed by atoms with van der Waals surface area (Å²) >= 11 is 3.55. The van der Waals surface area contributed by atoms with Crippen molar-refractivity contribution in [3.63, 3.8) is 0 Å². The predicted octanol–water partition coefficient (Wildman–Crippen LogP) is 4.18. The van der Waals surface area contributed by atoms with Crippen LogP contribution < -0.4 is 4.74 Å². The molecule has 14 heavy (non-hydrogen) atoms. The van der Waals surface area contributed by atoms with Gasteiger partial charge in [0, 0.05) is 0 Å². The highest BCUT2D eigenvalue weighted by Gasteiger charge is 2.08. The van der Waals surface area contributed by atoms with E-state index in [0.717, 1.165) is 23.2 Å². The summed E-state index contributed by atoms with van der Waals surface area (Å²) in [5, 5.41) is 0. The van der Waals surface area contributed by atoms with Crippen molar-refractivity contribution in [1.82, 2.24) is 0 Å². The smallest absolute Gasteiger partial charge is 0.133 e. The summed E-state index contributed by atoms with van der Waals surface area (Å²) in [5.74, 6) is 1.19. The van der Waals surface area contributed by atoms with Gasteiger partial charge in [0.1, 0.15) is 5.75 Å². The van der Waals surface area contributed by atoms with Gasteiger partial charge in [-0.05, 0) is 46.8 Å². The summed E-state index contributed by atoms with van der Waals surface area (Å²) in [6.45, 7) is 8.93. The molecule has 0 aliphatic rings. The van der Waals surface area contributed by atoms with Crippen molar-refractivity contribution >= 4 is 15.9 Å². The van der Waals surface area contributed by atoms with Crippen molar-refractivity contribution in [1.29, 1.82) is 0 Å². The van der Waals surface area contributed by atoms with Crippen molar-refractivity contribution < 1.29 is 4.74 Å². The molecule has 1 aromatic rings. The van der Waals surface area contributed by atoms with Gasteiger partial charge in [-0.2, -0.15) is 0 Å². The Labute approximate surface area is 94.6 Å². The maximum absolute atomic E-state index is 5.60. The van der Waals surface area contributed by atoms with E-state index in [1.165, 1.54) is 5.56 Å². The van der Waals surface area contributed by atoms with Gasteiger partial charge in [0.2, 0.25) is 0 Å². The zero-order valence-electron chi connectivity index (χ0n) is 8.72. The van der Waals surface area contributed by atoms with Crippen LogP contribution >= 0.6 is 15.9 Å². The van der Waals surface area contributed by atoms with Gasteiger partial charge < -0.3 is 4.74 Å². The van der Waals surface area contributed by atoms with Crippen LogP contribution in [0.4, 0.5) is 0 Å². The van der Waals surface area contributed by atoms with E-state index in [2.05, 4.69) is 42.8 Å². The summed E-state index contributed by atoms with van der Waals surface area (Å²) in [6.07, 6.45) is 1.02. The van der Waals surface area contributed by atoms with E-state index in [-0.39, 0.29) is 5.92 Å². The molecule has 1 radical (unpaired) electrons. The molecule has 0 fully saturated rings. The highest BCUT2D eigenvalue weighted by Crippen LogP contribution is 2.32. The Morgan fingerprint density at radius 3 is 2.79 bits per heavy atom. The third-order valence-corrected chi connectivity index (χ3v) is 2.83. The molecule has 1 rings (SSSR count). The number of benzene rings is 1. The molecule has 0 saturated carbocycles. The lowest BCUT2D eigenvalue weighted by Gasteiger charge is -2.12. The molecular weight excluding hydrogens is 240 g/mol. The van der Waals surface area contributed by atoms with Gasteiger partial charge in [-0.25, -0.2) is 0 Å². The van der Waals surface area contributed by atoms with Crippen LogP contribution in [0.2, 0.25) is 0 Å². The first kappa shape index (κ1) is 11.6. The van der Waals surface area contributed by atoms with Crippen molar-refractivity contribution in [3.05, 3.63) is 35.2 Å². The predicted molar refractivity (Wildman–Crippen MR) is 63.7 cm³/mol. The zero-order chi connectivity index (χ0) is 10.6. The quantitative estimate of drug-likeness (QED) is 0.785. The van der Waals surface area contributed by atoms with Crippen LogP contribution in [-0.4, -0.2) is 6.61 Å². The highest BCUT2D eigenvalue weighted by atomic mass is 79.9. The molecule has 1 aromatic carbocycles. The molecule has 0 N–H and O–H groups in total. The fourth-order valence-electron chi connectivity index (χ4n) is 1.23. The Hall–Kier alpha value is -0.500. The molecule has 1 atom stereocenters. The van der Waals surface area contributed by atoms with Crippen molar-refractivity contribution in [2.45, 2.75) is 26.2 Å². The third-order valence-electron chi connectivity index (χ3n) is 1.99. The molecule has 0 aliphatic carbocycles. The Bertz CT molecular complexity index is 294. The standard InChI is InChI=1S/C12H16BrO/c1-4-8-14-11-7-5-6-10(9(2)3)12(11)13/h5-7,9H,2,4,8H2,1,3H3. The molecule has 0 aliphatic heterocycles. The maximum Gasteiger partial charge on any atom is 0.133 e. The monoisotopic (exact) mass is 255 g/mol. The summed E-state index contributed by atoms with van der Waals surface area (Å²) in [5.41, 5.74) is 1.19. The molecule has 1 unspecified atom stereocenters. The molecule has 0 spiro atoms. The molecule has 0 aromatic heterocycles. The second kappa shape index (κ2) is 5.40. The van der Waals surface area contributed by atoms with Crippen LogP contribution in [0.15, 0.2) is 22.7 Å². The molecule has 1 nitrogen and oxygen atoms in total. The van der Waals surface area contributed by atoms with E-state index in [9.17, 15) is 0 Å². The Morgan fingerprint density at radius 2 is 2.21 bits per heavy atom. The molecular formula is C12H16BrO. The summed E-state index contributed by atoms with van der Waals surface area (Å²) < 4.78 is 6.64. The van der Waals surface area contributed by atoms with E-state index >= 15 is 0 Å². The van der Waals surface area contributed by atoms with Crippen molar-refractivity contribution in [2.75, 3.05) is 6.61 Å². The fraction of sp³-hybridized carbons (Fsp3) is 0.417.